The van der Waals surface area contributed by atoms with Crippen LogP contribution in [0.1, 0.15) is 57.1 Å². The van der Waals surface area contributed by atoms with E-state index in [4.69, 9.17) is 9.47 Å². The number of aromatic hydroxyl groups is 1. The zero-order chi connectivity index (χ0) is 17.1. The van der Waals surface area contributed by atoms with Gasteiger partial charge >= 0.3 is 6.16 Å². The summed E-state index contributed by atoms with van der Waals surface area (Å²) in [4.78, 5) is 12.1. The lowest BCUT2D eigenvalue weighted by Gasteiger charge is -2.27. The summed E-state index contributed by atoms with van der Waals surface area (Å²) in [6.45, 7) is 5.79. The second kappa shape index (κ2) is 5.13. The standard InChI is InChI=1S/C20H22O4/c1-11(2)23-19(22)24-18-14-7-5-4-6-13(14)17(21)16-15(18)12-8-9-20(16,3)10-12/h4-7,11-12,21H,8-10H2,1-3H3. The van der Waals surface area contributed by atoms with Gasteiger partial charge in [0.25, 0.3) is 0 Å². The third kappa shape index (κ3) is 2.09. The first-order chi connectivity index (χ1) is 11.4. The Bertz CT molecular complexity index is 839. The van der Waals surface area contributed by atoms with E-state index in [2.05, 4.69) is 6.92 Å². The van der Waals surface area contributed by atoms with Gasteiger partial charge in [0.2, 0.25) is 0 Å². The van der Waals surface area contributed by atoms with Gasteiger partial charge in [0, 0.05) is 21.9 Å². The lowest BCUT2D eigenvalue weighted by atomic mass is 9.79. The van der Waals surface area contributed by atoms with E-state index in [1.807, 2.05) is 24.3 Å². The minimum absolute atomic E-state index is 0.0336. The third-order valence-corrected chi connectivity index (χ3v) is 5.45. The van der Waals surface area contributed by atoms with Gasteiger partial charge in [-0.2, -0.15) is 0 Å². The van der Waals surface area contributed by atoms with Gasteiger partial charge in [-0.25, -0.2) is 4.79 Å². The van der Waals surface area contributed by atoms with Gasteiger partial charge in [-0.15, -0.1) is 0 Å². The second-order valence-electron chi connectivity index (χ2n) is 7.53. The van der Waals surface area contributed by atoms with Gasteiger partial charge in [-0.3, -0.25) is 0 Å². The molecule has 0 heterocycles. The summed E-state index contributed by atoms with van der Waals surface area (Å²) in [6, 6.07) is 7.55. The smallest absolute Gasteiger partial charge is 0.507 e. The van der Waals surface area contributed by atoms with Crippen LogP contribution >= 0.6 is 0 Å². The maximum atomic E-state index is 12.1. The van der Waals surface area contributed by atoms with Crippen molar-refractivity contribution in [2.45, 2.75) is 57.5 Å². The fourth-order valence-corrected chi connectivity index (χ4v) is 4.53. The molecule has 2 aliphatic rings. The highest BCUT2D eigenvalue weighted by Crippen LogP contribution is 2.63. The normalized spacial score (nSPS) is 24.4. The number of ether oxygens (including phenoxy) is 2. The van der Waals surface area contributed by atoms with Crippen molar-refractivity contribution in [1.82, 2.24) is 0 Å². The zero-order valence-electron chi connectivity index (χ0n) is 14.3. The largest absolute Gasteiger partial charge is 0.514 e. The summed E-state index contributed by atoms with van der Waals surface area (Å²) in [7, 11) is 0. The molecule has 1 saturated carbocycles. The SMILES string of the molecule is CC(C)OC(=O)Oc1c2c(c(O)c3ccccc13)C1(C)CCC2C1. The minimum Gasteiger partial charge on any atom is -0.507 e. The third-order valence-electron chi connectivity index (χ3n) is 5.45. The van der Waals surface area contributed by atoms with Crippen molar-refractivity contribution < 1.29 is 19.4 Å². The molecule has 4 heteroatoms. The van der Waals surface area contributed by atoms with E-state index in [1.54, 1.807) is 13.8 Å². The number of rotatable bonds is 2. The molecule has 4 nitrogen and oxygen atoms in total. The molecule has 4 rings (SSSR count). The number of carbonyl (C=O) groups is 1. The van der Waals surface area contributed by atoms with Gasteiger partial charge in [0.1, 0.15) is 11.5 Å². The van der Waals surface area contributed by atoms with Crippen LogP contribution in [-0.4, -0.2) is 17.4 Å². The molecule has 2 unspecified atom stereocenters. The van der Waals surface area contributed by atoms with Crippen LogP contribution in [0, 0.1) is 0 Å². The highest BCUT2D eigenvalue weighted by atomic mass is 16.7. The fraction of sp³-hybridized carbons (Fsp3) is 0.450. The molecule has 0 amide bonds. The fourth-order valence-electron chi connectivity index (χ4n) is 4.53. The van der Waals surface area contributed by atoms with Crippen LogP contribution in [0.25, 0.3) is 10.8 Å². The number of phenols is 1. The van der Waals surface area contributed by atoms with Crippen LogP contribution in [0.3, 0.4) is 0 Å². The Labute approximate surface area is 141 Å². The molecule has 0 saturated heterocycles. The van der Waals surface area contributed by atoms with Crippen molar-refractivity contribution in [3.8, 4) is 11.5 Å². The topological polar surface area (TPSA) is 55.8 Å². The number of fused-ring (bicyclic) bond motifs is 6. The highest BCUT2D eigenvalue weighted by molar-refractivity contribution is 5.98. The Hall–Kier alpha value is -2.23. The van der Waals surface area contributed by atoms with Crippen molar-refractivity contribution in [2.75, 3.05) is 0 Å². The van der Waals surface area contributed by atoms with E-state index in [0.29, 0.717) is 17.4 Å². The van der Waals surface area contributed by atoms with E-state index < -0.39 is 6.16 Å². The molecular weight excluding hydrogens is 304 g/mol. The maximum Gasteiger partial charge on any atom is 0.514 e. The molecule has 2 aromatic rings. The summed E-state index contributed by atoms with van der Waals surface area (Å²) in [5.74, 6) is 1.25. The number of hydrogen-bond acceptors (Lipinski definition) is 4. The molecule has 24 heavy (non-hydrogen) atoms. The number of hydrogen-bond donors (Lipinski definition) is 1. The summed E-state index contributed by atoms with van der Waals surface area (Å²) in [6.07, 6.45) is 2.21. The maximum absolute atomic E-state index is 12.1. The quantitative estimate of drug-likeness (QED) is 0.623. The van der Waals surface area contributed by atoms with E-state index in [-0.39, 0.29) is 11.5 Å². The molecule has 2 aliphatic carbocycles. The van der Waals surface area contributed by atoms with Gasteiger partial charge in [0.05, 0.1) is 6.10 Å². The lowest BCUT2D eigenvalue weighted by molar-refractivity contribution is 0.0729. The Kier molecular flexibility index (Phi) is 3.27. The number of phenolic OH excluding ortho intramolecular Hbond substituents is 1. The van der Waals surface area contributed by atoms with Crippen LogP contribution in [0.15, 0.2) is 24.3 Å². The van der Waals surface area contributed by atoms with E-state index in [0.717, 1.165) is 41.2 Å². The Morgan fingerprint density at radius 2 is 2.00 bits per heavy atom. The molecule has 1 fully saturated rings. The van der Waals surface area contributed by atoms with Crippen LogP contribution in [0.5, 0.6) is 11.5 Å². The molecule has 0 aliphatic heterocycles. The van der Waals surface area contributed by atoms with E-state index in [9.17, 15) is 9.90 Å². The summed E-state index contributed by atoms with van der Waals surface area (Å²) < 4.78 is 10.8. The van der Waals surface area contributed by atoms with Crippen LogP contribution in [0.2, 0.25) is 0 Å². The minimum atomic E-state index is -0.684. The molecule has 0 radical (unpaired) electrons. The molecule has 0 aromatic heterocycles. The Morgan fingerprint density at radius 3 is 2.71 bits per heavy atom. The first-order valence-electron chi connectivity index (χ1n) is 8.57. The van der Waals surface area contributed by atoms with Crippen LogP contribution in [0.4, 0.5) is 4.79 Å². The molecule has 2 atom stereocenters. The molecule has 2 aromatic carbocycles. The predicted molar refractivity (Wildman–Crippen MR) is 91.8 cm³/mol. The first kappa shape index (κ1) is 15.3. The second-order valence-corrected chi connectivity index (χ2v) is 7.53. The van der Waals surface area contributed by atoms with E-state index >= 15 is 0 Å². The van der Waals surface area contributed by atoms with Crippen molar-refractivity contribution in [2.24, 2.45) is 0 Å². The molecular formula is C20H22O4. The average molecular weight is 326 g/mol. The van der Waals surface area contributed by atoms with Crippen molar-refractivity contribution in [3.05, 3.63) is 35.4 Å². The van der Waals surface area contributed by atoms with E-state index in [1.165, 1.54) is 0 Å². The molecule has 0 spiro atoms. The zero-order valence-corrected chi connectivity index (χ0v) is 14.3. The monoisotopic (exact) mass is 326 g/mol. The van der Waals surface area contributed by atoms with Gasteiger partial charge in [-0.05, 0) is 44.4 Å². The van der Waals surface area contributed by atoms with Crippen molar-refractivity contribution in [3.63, 3.8) is 0 Å². The van der Waals surface area contributed by atoms with Gasteiger partial charge in [-0.1, -0.05) is 31.2 Å². The van der Waals surface area contributed by atoms with Crippen molar-refractivity contribution >= 4 is 16.9 Å². The molecule has 1 N–H and O–H groups in total. The van der Waals surface area contributed by atoms with Crippen molar-refractivity contribution in [1.29, 1.82) is 0 Å². The Balaban J connectivity index is 1.94. The van der Waals surface area contributed by atoms with Gasteiger partial charge in [0.15, 0.2) is 0 Å². The average Bonchev–Trinajstić information content (AvgIpc) is 3.04. The number of benzene rings is 2. The Morgan fingerprint density at radius 1 is 1.29 bits per heavy atom. The molecule has 2 bridgehead atoms. The highest BCUT2D eigenvalue weighted by Gasteiger charge is 2.50. The van der Waals surface area contributed by atoms with Gasteiger partial charge < -0.3 is 14.6 Å². The lowest BCUT2D eigenvalue weighted by Crippen LogP contribution is -2.19. The van der Waals surface area contributed by atoms with Crippen LogP contribution < -0.4 is 4.74 Å². The summed E-state index contributed by atoms with van der Waals surface area (Å²) in [5.41, 5.74) is 1.93. The first-order valence-corrected chi connectivity index (χ1v) is 8.57. The molecule has 126 valence electrons. The summed E-state index contributed by atoms with van der Waals surface area (Å²) >= 11 is 0. The predicted octanol–water partition coefficient (Wildman–Crippen LogP) is 5.01. The van der Waals surface area contributed by atoms with Crippen LogP contribution in [-0.2, 0) is 10.2 Å². The number of carbonyl (C=O) groups excluding carboxylic acids is 1. The summed E-state index contributed by atoms with van der Waals surface area (Å²) in [5, 5.41) is 12.4.